The first-order valence-corrected chi connectivity index (χ1v) is 7.23. The molecule has 1 aliphatic rings. The Morgan fingerprint density at radius 2 is 2.16 bits per heavy atom. The Hall–Kier alpha value is -1.56. The molecule has 2 heterocycles. The number of urea groups is 1. The molecule has 1 aromatic heterocycles. The zero-order valence-electron chi connectivity index (χ0n) is 11.0. The van der Waals surface area contributed by atoms with E-state index in [0.717, 1.165) is 5.56 Å². The van der Waals surface area contributed by atoms with Gasteiger partial charge in [0.15, 0.2) is 0 Å². The van der Waals surface area contributed by atoms with Gasteiger partial charge in [-0.1, -0.05) is 6.92 Å². The SMILES string of the molecule is CC(NC(=O)N1CC(C(C)C(=O)O)C1)c1ccsc1. The van der Waals surface area contributed by atoms with E-state index in [-0.39, 0.29) is 18.0 Å². The lowest BCUT2D eigenvalue weighted by atomic mass is 9.87. The molecule has 2 atom stereocenters. The van der Waals surface area contributed by atoms with Gasteiger partial charge in [0.25, 0.3) is 0 Å². The van der Waals surface area contributed by atoms with Gasteiger partial charge in [-0.25, -0.2) is 4.79 Å². The second-order valence-electron chi connectivity index (χ2n) is 5.02. The monoisotopic (exact) mass is 282 g/mol. The normalized spacial score (nSPS) is 18.5. The van der Waals surface area contributed by atoms with Crippen LogP contribution >= 0.6 is 11.3 Å². The van der Waals surface area contributed by atoms with Crippen molar-refractivity contribution in [3.05, 3.63) is 22.4 Å². The van der Waals surface area contributed by atoms with Crippen LogP contribution in [-0.2, 0) is 4.79 Å². The Kier molecular flexibility index (Phi) is 4.09. The maximum atomic E-state index is 11.9. The maximum absolute atomic E-state index is 11.9. The van der Waals surface area contributed by atoms with Crippen molar-refractivity contribution in [3.8, 4) is 0 Å². The standard InChI is InChI=1S/C13H18N2O3S/c1-8(12(16)17)11-5-15(6-11)13(18)14-9(2)10-3-4-19-7-10/h3-4,7-9,11H,5-6H2,1-2H3,(H,14,18)(H,16,17). The van der Waals surface area contributed by atoms with Crippen LogP contribution in [0.3, 0.4) is 0 Å². The highest BCUT2D eigenvalue weighted by Crippen LogP contribution is 2.24. The summed E-state index contributed by atoms with van der Waals surface area (Å²) in [4.78, 5) is 24.4. The summed E-state index contributed by atoms with van der Waals surface area (Å²) in [5, 5.41) is 15.8. The number of thiophene rings is 1. The third-order valence-electron chi connectivity index (χ3n) is 3.68. The van der Waals surface area contributed by atoms with E-state index in [2.05, 4.69) is 5.32 Å². The van der Waals surface area contributed by atoms with Crippen molar-refractivity contribution in [1.82, 2.24) is 10.2 Å². The van der Waals surface area contributed by atoms with Crippen molar-refractivity contribution in [3.63, 3.8) is 0 Å². The molecule has 19 heavy (non-hydrogen) atoms. The molecule has 6 heteroatoms. The van der Waals surface area contributed by atoms with Crippen LogP contribution in [0.1, 0.15) is 25.5 Å². The molecule has 2 N–H and O–H groups in total. The summed E-state index contributed by atoms with van der Waals surface area (Å²) in [6, 6.07) is 1.85. The van der Waals surface area contributed by atoms with Gasteiger partial charge in [-0.3, -0.25) is 4.79 Å². The first-order chi connectivity index (χ1) is 8.99. The van der Waals surface area contributed by atoms with Gasteiger partial charge in [0.1, 0.15) is 0 Å². The lowest BCUT2D eigenvalue weighted by molar-refractivity contribution is -0.144. The van der Waals surface area contributed by atoms with E-state index in [0.29, 0.717) is 13.1 Å². The average Bonchev–Trinajstić information content (AvgIpc) is 2.79. The summed E-state index contributed by atoms with van der Waals surface area (Å²) >= 11 is 1.60. The molecule has 1 aromatic rings. The summed E-state index contributed by atoms with van der Waals surface area (Å²) in [7, 11) is 0. The zero-order valence-corrected chi connectivity index (χ0v) is 11.8. The number of hydrogen-bond donors (Lipinski definition) is 2. The summed E-state index contributed by atoms with van der Waals surface area (Å²) in [6.07, 6.45) is 0. The van der Waals surface area contributed by atoms with E-state index in [4.69, 9.17) is 5.11 Å². The summed E-state index contributed by atoms with van der Waals surface area (Å²) in [6.45, 7) is 4.68. The van der Waals surface area contributed by atoms with Crippen molar-refractivity contribution < 1.29 is 14.7 Å². The van der Waals surface area contributed by atoms with E-state index >= 15 is 0 Å². The number of nitrogens with zero attached hydrogens (tertiary/aromatic N) is 1. The van der Waals surface area contributed by atoms with Crippen LogP contribution in [0.5, 0.6) is 0 Å². The topological polar surface area (TPSA) is 69.6 Å². The number of carboxylic acids is 1. The molecule has 0 saturated carbocycles. The largest absolute Gasteiger partial charge is 0.481 e. The van der Waals surface area contributed by atoms with Crippen LogP contribution < -0.4 is 5.32 Å². The molecule has 2 rings (SSSR count). The predicted molar refractivity (Wildman–Crippen MR) is 73.1 cm³/mol. The smallest absolute Gasteiger partial charge is 0.317 e. The number of carbonyl (C=O) groups excluding carboxylic acids is 1. The molecule has 0 aliphatic carbocycles. The molecule has 0 bridgehead atoms. The van der Waals surface area contributed by atoms with Gasteiger partial charge < -0.3 is 15.3 Å². The van der Waals surface area contributed by atoms with Crippen molar-refractivity contribution in [2.45, 2.75) is 19.9 Å². The molecule has 1 saturated heterocycles. The van der Waals surface area contributed by atoms with Gasteiger partial charge in [0.05, 0.1) is 12.0 Å². The highest BCUT2D eigenvalue weighted by molar-refractivity contribution is 7.07. The fraction of sp³-hybridized carbons (Fsp3) is 0.538. The van der Waals surface area contributed by atoms with Crippen molar-refractivity contribution in [1.29, 1.82) is 0 Å². The lowest BCUT2D eigenvalue weighted by Crippen LogP contribution is -2.56. The number of hydrogen-bond acceptors (Lipinski definition) is 3. The van der Waals surface area contributed by atoms with Gasteiger partial charge in [0.2, 0.25) is 0 Å². The molecule has 2 unspecified atom stereocenters. The number of nitrogens with one attached hydrogen (secondary N) is 1. The molecule has 1 fully saturated rings. The molecular weight excluding hydrogens is 264 g/mol. The van der Waals surface area contributed by atoms with Crippen molar-refractivity contribution in [2.24, 2.45) is 11.8 Å². The van der Waals surface area contributed by atoms with Gasteiger partial charge in [-0.15, -0.1) is 0 Å². The minimum atomic E-state index is -0.795. The van der Waals surface area contributed by atoms with E-state index in [1.54, 1.807) is 23.2 Å². The number of amides is 2. The summed E-state index contributed by atoms with van der Waals surface area (Å²) in [5.74, 6) is -1.12. The van der Waals surface area contributed by atoms with Crippen LogP contribution in [0.2, 0.25) is 0 Å². The molecule has 104 valence electrons. The third-order valence-corrected chi connectivity index (χ3v) is 4.38. The fourth-order valence-corrected chi connectivity index (χ4v) is 2.83. The molecule has 0 spiro atoms. The number of likely N-dealkylation sites (tertiary alicyclic amines) is 1. The van der Waals surface area contributed by atoms with Crippen molar-refractivity contribution >= 4 is 23.3 Å². The Balaban J connectivity index is 1.79. The Morgan fingerprint density at radius 3 is 2.68 bits per heavy atom. The zero-order chi connectivity index (χ0) is 14.0. The third kappa shape index (κ3) is 3.07. The summed E-state index contributed by atoms with van der Waals surface area (Å²) < 4.78 is 0. The number of carbonyl (C=O) groups is 2. The average molecular weight is 282 g/mol. The van der Waals surface area contributed by atoms with Gasteiger partial charge in [-0.2, -0.15) is 11.3 Å². The van der Waals surface area contributed by atoms with Gasteiger partial charge >= 0.3 is 12.0 Å². The number of aliphatic carboxylic acids is 1. The van der Waals surface area contributed by atoms with Crippen LogP contribution in [0.4, 0.5) is 4.79 Å². The minimum Gasteiger partial charge on any atom is -0.481 e. The molecule has 1 aliphatic heterocycles. The quantitative estimate of drug-likeness (QED) is 0.889. The van der Waals surface area contributed by atoms with E-state index in [9.17, 15) is 9.59 Å². The first-order valence-electron chi connectivity index (χ1n) is 6.29. The highest BCUT2D eigenvalue weighted by Gasteiger charge is 2.37. The molecule has 0 radical (unpaired) electrons. The molecular formula is C13H18N2O3S. The maximum Gasteiger partial charge on any atom is 0.317 e. The van der Waals surface area contributed by atoms with Crippen molar-refractivity contribution in [2.75, 3.05) is 13.1 Å². The van der Waals surface area contributed by atoms with Crippen LogP contribution in [-0.4, -0.2) is 35.1 Å². The first kappa shape index (κ1) is 13.9. The van der Waals surface area contributed by atoms with E-state index in [1.165, 1.54) is 0 Å². The minimum absolute atomic E-state index is 0.0188. The van der Waals surface area contributed by atoms with Crippen LogP contribution in [0, 0.1) is 11.8 Å². The Morgan fingerprint density at radius 1 is 1.47 bits per heavy atom. The highest BCUT2D eigenvalue weighted by atomic mass is 32.1. The molecule has 0 aromatic carbocycles. The van der Waals surface area contributed by atoms with Gasteiger partial charge in [-0.05, 0) is 29.3 Å². The van der Waals surface area contributed by atoms with Gasteiger partial charge in [0, 0.05) is 19.0 Å². The van der Waals surface area contributed by atoms with E-state index < -0.39 is 11.9 Å². The second kappa shape index (κ2) is 5.61. The van der Waals surface area contributed by atoms with E-state index in [1.807, 2.05) is 23.8 Å². The van der Waals surface area contributed by atoms with Crippen LogP contribution in [0.15, 0.2) is 16.8 Å². The molecule has 5 nitrogen and oxygen atoms in total. The fourth-order valence-electron chi connectivity index (χ4n) is 2.08. The predicted octanol–water partition coefficient (Wildman–Crippen LogP) is 2.17. The second-order valence-corrected chi connectivity index (χ2v) is 5.80. The lowest BCUT2D eigenvalue weighted by Gasteiger charge is -2.41. The number of carboxylic acid groups (broad SMARTS) is 1. The summed E-state index contributed by atoms with van der Waals surface area (Å²) in [5.41, 5.74) is 1.09. The Bertz CT molecular complexity index is 454. The molecule has 2 amide bonds. The Labute approximate surface area is 116 Å². The number of rotatable bonds is 4. The van der Waals surface area contributed by atoms with Crippen LogP contribution in [0.25, 0.3) is 0 Å².